The third-order valence-corrected chi connectivity index (χ3v) is 5.61. The Morgan fingerprint density at radius 2 is 1.79 bits per heavy atom. The Bertz CT molecular complexity index is 1030. The van der Waals surface area contributed by atoms with Crippen molar-refractivity contribution in [1.29, 1.82) is 5.26 Å². The molecule has 2 aromatic heterocycles. The molecule has 0 aliphatic rings. The summed E-state index contributed by atoms with van der Waals surface area (Å²) < 4.78 is 1.10. The van der Waals surface area contributed by atoms with E-state index in [1.54, 1.807) is 22.7 Å². The number of hydrogen-bond acceptors (Lipinski definition) is 4. The van der Waals surface area contributed by atoms with E-state index >= 15 is 0 Å². The van der Waals surface area contributed by atoms with E-state index in [9.17, 15) is 5.26 Å². The molecule has 24 heavy (non-hydrogen) atoms. The van der Waals surface area contributed by atoms with E-state index in [2.05, 4.69) is 34.6 Å². The lowest BCUT2D eigenvalue weighted by atomic mass is 10.1. The molecule has 0 fully saturated rings. The van der Waals surface area contributed by atoms with Crippen molar-refractivity contribution in [3.05, 3.63) is 75.9 Å². The topological polar surface area (TPSA) is 36.7 Å². The van der Waals surface area contributed by atoms with Crippen molar-refractivity contribution in [2.45, 2.75) is 0 Å². The number of allylic oxidation sites excluding steroid dienone is 1. The Hall–Kier alpha value is -2.74. The second kappa shape index (κ2) is 6.40. The Morgan fingerprint density at radius 1 is 1.00 bits per heavy atom. The highest BCUT2D eigenvalue weighted by atomic mass is 32.1. The van der Waals surface area contributed by atoms with Crippen molar-refractivity contribution < 1.29 is 0 Å². The van der Waals surface area contributed by atoms with Crippen LogP contribution < -0.4 is 0 Å². The van der Waals surface area contributed by atoms with Crippen LogP contribution in [0.5, 0.6) is 0 Å². The fourth-order valence-corrected chi connectivity index (χ4v) is 4.26. The fourth-order valence-electron chi connectivity index (χ4n) is 2.48. The summed E-state index contributed by atoms with van der Waals surface area (Å²) in [5, 5.41) is 12.4. The number of para-hydroxylation sites is 1. The molecule has 0 aliphatic heterocycles. The third kappa shape index (κ3) is 2.88. The number of aromatic nitrogens is 1. The van der Waals surface area contributed by atoms with Gasteiger partial charge in [0.05, 0.1) is 15.8 Å². The van der Waals surface area contributed by atoms with Crippen molar-refractivity contribution in [1.82, 2.24) is 4.98 Å². The van der Waals surface area contributed by atoms with E-state index in [0.29, 0.717) is 5.57 Å². The Balaban J connectivity index is 1.71. The summed E-state index contributed by atoms with van der Waals surface area (Å²) in [4.78, 5) is 5.64. The van der Waals surface area contributed by atoms with Gasteiger partial charge in [-0.25, -0.2) is 4.98 Å². The Kier molecular flexibility index (Phi) is 3.96. The van der Waals surface area contributed by atoms with Gasteiger partial charge in [0.25, 0.3) is 0 Å². The molecule has 2 aromatic carbocycles. The average molecular weight is 344 g/mol. The minimum absolute atomic E-state index is 0.609. The first-order chi connectivity index (χ1) is 11.8. The van der Waals surface area contributed by atoms with Gasteiger partial charge in [0, 0.05) is 4.88 Å². The maximum Gasteiger partial charge on any atom is 0.135 e. The highest BCUT2D eigenvalue weighted by molar-refractivity contribution is 7.19. The van der Waals surface area contributed by atoms with Crippen LogP contribution in [0.15, 0.2) is 66.0 Å². The summed E-state index contributed by atoms with van der Waals surface area (Å²) in [6, 6.07) is 22.6. The van der Waals surface area contributed by atoms with Crippen LogP contribution in [0.25, 0.3) is 33.0 Å². The van der Waals surface area contributed by atoms with Gasteiger partial charge in [-0.2, -0.15) is 5.26 Å². The van der Waals surface area contributed by atoms with Crippen LogP contribution in [-0.2, 0) is 0 Å². The molecule has 0 N–H and O–H groups in total. The molecule has 4 heteroatoms. The Morgan fingerprint density at radius 3 is 2.58 bits per heavy atom. The minimum Gasteiger partial charge on any atom is -0.235 e. The lowest BCUT2D eigenvalue weighted by Crippen LogP contribution is -1.78. The van der Waals surface area contributed by atoms with Crippen molar-refractivity contribution in [3.8, 4) is 17.2 Å². The van der Waals surface area contributed by atoms with Crippen LogP contribution >= 0.6 is 22.7 Å². The van der Waals surface area contributed by atoms with Crippen LogP contribution in [-0.4, -0.2) is 4.98 Å². The van der Waals surface area contributed by atoms with E-state index < -0.39 is 0 Å². The molecular weight excluding hydrogens is 332 g/mol. The summed E-state index contributed by atoms with van der Waals surface area (Å²) in [5.74, 6) is 0. The number of rotatable bonds is 3. The largest absolute Gasteiger partial charge is 0.235 e. The fraction of sp³-hybridized carbons (Fsp3) is 0. The van der Waals surface area contributed by atoms with Gasteiger partial charge in [-0.1, -0.05) is 42.5 Å². The van der Waals surface area contributed by atoms with Gasteiger partial charge in [-0.15, -0.1) is 22.7 Å². The van der Waals surface area contributed by atoms with Crippen LogP contribution in [0, 0.1) is 11.3 Å². The minimum atomic E-state index is 0.609. The molecule has 4 rings (SSSR count). The molecular formula is C20H12N2S2. The van der Waals surface area contributed by atoms with Gasteiger partial charge in [-0.3, -0.25) is 0 Å². The maximum absolute atomic E-state index is 9.54. The first-order valence-corrected chi connectivity index (χ1v) is 9.15. The molecule has 2 nitrogen and oxygen atoms in total. The zero-order valence-corrected chi connectivity index (χ0v) is 14.3. The van der Waals surface area contributed by atoms with Gasteiger partial charge in [-0.05, 0) is 40.8 Å². The van der Waals surface area contributed by atoms with Crippen LogP contribution in [0.4, 0.5) is 0 Å². The summed E-state index contributed by atoms with van der Waals surface area (Å²) in [5.41, 5.74) is 3.91. The van der Waals surface area contributed by atoms with Gasteiger partial charge >= 0.3 is 0 Å². The molecule has 0 aliphatic carbocycles. The lowest BCUT2D eigenvalue weighted by Gasteiger charge is -1.94. The van der Waals surface area contributed by atoms with Crippen LogP contribution in [0.2, 0.25) is 0 Å². The number of nitrogens with zero attached hydrogens (tertiary/aromatic N) is 2. The van der Waals surface area contributed by atoms with Crippen molar-refractivity contribution >= 4 is 44.5 Å². The van der Waals surface area contributed by atoms with E-state index in [4.69, 9.17) is 0 Å². The second-order valence-corrected chi connectivity index (χ2v) is 7.23. The average Bonchev–Trinajstić information content (AvgIpc) is 3.27. The number of thiophene rings is 1. The van der Waals surface area contributed by atoms with E-state index in [1.165, 1.54) is 11.1 Å². The van der Waals surface area contributed by atoms with Crippen molar-refractivity contribution in [2.75, 3.05) is 0 Å². The van der Waals surface area contributed by atoms with Gasteiger partial charge in [0.2, 0.25) is 0 Å². The molecule has 0 saturated carbocycles. The van der Waals surface area contributed by atoms with E-state index in [-0.39, 0.29) is 0 Å². The van der Waals surface area contributed by atoms with E-state index in [0.717, 1.165) is 20.1 Å². The quantitative estimate of drug-likeness (QED) is 0.422. The lowest BCUT2D eigenvalue weighted by molar-refractivity contribution is 1.44. The number of benzene rings is 2. The van der Waals surface area contributed by atoms with Gasteiger partial charge in [0.1, 0.15) is 11.1 Å². The molecule has 4 aromatic rings. The normalized spacial score (nSPS) is 11.5. The predicted molar refractivity (Wildman–Crippen MR) is 103 cm³/mol. The predicted octanol–water partition coefficient (Wildman–Crippen LogP) is 6.09. The highest BCUT2D eigenvalue weighted by Gasteiger charge is 2.09. The second-order valence-electron chi connectivity index (χ2n) is 5.26. The third-order valence-electron chi connectivity index (χ3n) is 3.66. The number of nitriles is 1. The molecule has 0 saturated heterocycles. The summed E-state index contributed by atoms with van der Waals surface area (Å²) >= 11 is 3.19. The standard InChI is InChI=1S/C20H12N2S2/c21-12-15(20-22-18-8-4-5-9-19(18)24-20)10-17-11-16(13-23-17)14-6-2-1-3-7-14/h1-11,13H. The zero-order chi connectivity index (χ0) is 16.4. The molecule has 0 radical (unpaired) electrons. The highest BCUT2D eigenvalue weighted by Crippen LogP contribution is 2.31. The number of fused-ring (bicyclic) bond motifs is 1. The molecule has 2 heterocycles. The maximum atomic E-state index is 9.54. The Labute approximate surface area is 148 Å². The van der Waals surface area contributed by atoms with Crippen molar-refractivity contribution in [2.24, 2.45) is 0 Å². The monoisotopic (exact) mass is 344 g/mol. The SMILES string of the molecule is N#CC(=Cc1cc(-c2ccccc2)cs1)c1nc2ccccc2s1. The molecule has 0 bridgehead atoms. The molecule has 0 amide bonds. The first-order valence-electron chi connectivity index (χ1n) is 7.45. The summed E-state index contributed by atoms with van der Waals surface area (Å²) in [6.45, 7) is 0. The summed E-state index contributed by atoms with van der Waals surface area (Å²) in [6.07, 6.45) is 1.93. The number of thiazole rings is 1. The smallest absolute Gasteiger partial charge is 0.135 e. The molecule has 0 unspecified atom stereocenters. The van der Waals surface area contributed by atoms with Gasteiger partial charge in [0.15, 0.2) is 0 Å². The molecule has 114 valence electrons. The zero-order valence-electron chi connectivity index (χ0n) is 12.6. The van der Waals surface area contributed by atoms with Crippen LogP contribution in [0.1, 0.15) is 9.88 Å². The molecule has 0 spiro atoms. The van der Waals surface area contributed by atoms with Gasteiger partial charge < -0.3 is 0 Å². The van der Waals surface area contributed by atoms with Crippen LogP contribution in [0.3, 0.4) is 0 Å². The first kappa shape index (κ1) is 14.8. The number of hydrogen-bond donors (Lipinski definition) is 0. The van der Waals surface area contributed by atoms with E-state index in [1.807, 2.05) is 48.5 Å². The van der Waals surface area contributed by atoms with Crippen molar-refractivity contribution in [3.63, 3.8) is 0 Å². The summed E-state index contributed by atoms with van der Waals surface area (Å²) in [7, 11) is 0. The molecule has 0 atom stereocenters.